The lowest BCUT2D eigenvalue weighted by Crippen LogP contribution is -2.50. The van der Waals surface area contributed by atoms with Crippen LogP contribution < -0.4 is 26.4 Å². The zero-order valence-electron chi connectivity index (χ0n) is 28.6. The Labute approximate surface area is 302 Å². The molecule has 266 valence electrons. The normalized spacial score (nSPS) is 20.7. The third kappa shape index (κ3) is 5.64. The molecule has 0 saturated carbocycles. The van der Waals surface area contributed by atoms with Gasteiger partial charge in [0.2, 0.25) is 16.6 Å². The van der Waals surface area contributed by atoms with Gasteiger partial charge in [0, 0.05) is 67.8 Å². The van der Waals surface area contributed by atoms with Gasteiger partial charge in [0.15, 0.2) is 0 Å². The number of hydrogen-bond donors (Lipinski definition) is 3. The first-order valence-electron chi connectivity index (χ1n) is 16.7. The number of nitrogens with one attached hydrogen (secondary N) is 1. The number of likely N-dealkylation sites (tertiary alicyclic amines) is 1. The average Bonchev–Trinajstić information content (AvgIpc) is 3.93. The fourth-order valence-corrected chi connectivity index (χ4v) is 11.0. The van der Waals surface area contributed by atoms with Crippen LogP contribution in [0.4, 0.5) is 17.1 Å². The van der Waals surface area contributed by atoms with Gasteiger partial charge in [0.05, 0.1) is 34.3 Å². The molecular weight excluding hydrogens is 711 g/mol. The second kappa shape index (κ2) is 12.3. The number of nitrogen functional groups attached to an aromatic ring is 2. The van der Waals surface area contributed by atoms with Crippen molar-refractivity contribution < 1.29 is 22.7 Å². The summed E-state index contributed by atoms with van der Waals surface area (Å²) in [6, 6.07) is 3.46. The second-order valence-electron chi connectivity index (χ2n) is 13.6. The van der Waals surface area contributed by atoms with Crippen LogP contribution in [0, 0.1) is 20.8 Å². The van der Waals surface area contributed by atoms with Gasteiger partial charge < -0.3 is 26.6 Å². The minimum Gasteiger partial charge on any atom is -0.397 e. The molecule has 2 amide bonds. The number of hydrogen-bond acceptors (Lipinski definition) is 13. The molecular formula is C33H38N11O4S3+. The van der Waals surface area contributed by atoms with Crippen molar-refractivity contribution in [3.05, 3.63) is 56.8 Å². The van der Waals surface area contributed by atoms with E-state index in [0.29, 0.717) is 56.5 Å². The number of nitrogens with zero attached hydrogens (tertiary/aromatic N) is 8. The molecule has 5 aromatic rings. The Kier molecular flexibility index (Phi) is 8.12. The van der Waals surface area contributed by atoms with Crippen LogP contribution >= 0.6 is 22.7 Å². The number of carbonyl (C=O) groups excluding carboxylic acids is 2. The third-order valence-electron chi connectivity index (χ3n) is 10.4. The first-order valence-corrected chi connectivity index (χ1v) is 20.1. The summed E-state index contributed by atoms with van der Waals surface area (Å²) in [6.45, 7) is 8.08. The van der Waals surface area contributed by atoms with Crippen molar-refractivity contribution in [2.24, 2.45) is 0 Å². The highest BCUT2D eigenvalue weighted by Gasteiger charge is 2.49. The number of aryl methyl sites for hydroxylation is 3. The quantitative estimate of drug-likeness (QED) is 0.206. The number of anilines is 3. The maximum Gasteiger partial charge on any atom is 0.298 e. The summed E-state index contributed by atoms with van der Waals surface area (Å²) in [4.78, 5) is 37.7. The highest BCUT2D eigenvalue weighted by Crippen LogP contribution is 2.40. The van der Waals surface area contributed by atoms with E-state index in [0.717, 1.165) is 45.7 Å². The topological polar surface area (TPSA) is 198 Å². The van der Waals surface area contributed by atoms with E-state index in [1.807, 2.05) is 37.6 Å². The number of thiophene rings is 2. The number of aromatic nitrogens is 5. The Bertz CT molecular complexity index is 2360. The molecule has 0 spiro atoms. The van der Waals surface area contributed by atoms with E-state index in [2.05, 4.69) is 25.4 Å². The molecule has 1 unspecified atom stereocenters. The van der Waals surface area contributed by atoms with Crippen molar-refractivity contribution in [2.45, 2.75) is 58.3 Å². The van der Waals surface area contributed by atoms with E-state index in [1.165, 1.54) is 33.2 Å². The van der Waals surface area contributed by atoms with E-state index in [9.17, 15) is 18.0 Å². The lowest BCUT2D eigenvalue weighted by molar-refractivity contribution is -0.720. The van der Waals surface area contributed by atoms with Crippen molar-refractivity contribution in [3.8, 4) is 0 Å². The molecule has 18 heteroatoms. The molecule has 3 aliphatic rings. The molecule has 3 aliphatic heterocycles. The van der Waals surface area contributed by atoms with E-state index in [-0.39, 0.29) is 43.0 Å². The second-order valence-corrected chi connectivity index (χ2v) is 17.6. The van der Waals surface area contributed by atoms with E-state index in [1.54, 1.807) is 17.3 Å². The van der Waals surface area contributed by atoms with Crippen LogP contribution in [-0.2, 0) is 16.6 Å². The zero-order chi connectivity index (χ0) is 35.9. The number of pyridine rings is 1. The molecule has 0 radical (unpaired) electrons. The SMILES string of the molecule is Cc1nnc2sc(C(=O)N3C[C@@H]4C[C@@H]3CN4S(C)(=O)=O)c(N)c2c1C[n+]1nc(C)c(C)c2c(N)c(C(=O)NC3CCN(c4ccncc4)C3)sc21. The largest absolute Gasteiger partial charge is 0.397 e. The van der Waals surface area contributed by atoms with Crippen LogP contribution in [0.3, 0.4) is 0 Å². The van der Waals surface area contributed by atoms with Gasteiger partial charge in [0.1, 0.15) is 20.3 Å². The summed E-state index contributed by atoms with van der Waals surface area (Å²) in [5, 5.41) is 18.3. The fraction of sp³-hybridized carbons (Fsp3) is 0.424. The van der Waals surface area contributed by atoms with Gasteiger partial charge in [-0.05, 0) is 56.4 Å². The summed E-state index contributed by atoms with van der Waals surface area (Å²) in [5.74, 6) is -0.449. The van der Waals surface area contributed by atoms with Crippen molar-refractivity contribution in [1.29, 1.82) is 0 Å². The number of rotatable bonds is 7. The van der Waals surface area contributed by atoms with Gasteiger partial charge in [-0.3, -0.25) is 14.6 Å². The Morgan fingerprint density at radius 3 is 2.43 bits per heavy atom. The molecule has 0 aromatic carbocycles. The maximum absolute atomic E-state index is 13.9. The smallest absolute Gasteiger partial charge is 0.298 e. The molecule has 0 aliphatic carbocycles. The Hall–Kier alpha value is -4.52. The monoisotopic (exact) mass is 748 g/mol. The van der Waals surface area contributed by atoms with Crippen molar-refractivity contribution in [1.82, 2.24) is 34.8 Å². The van der Waals surface area contributed by atoms with Crippen molar-refractivity contribution >= 4 is 82.0 Å². The summed E-state index contributed by atoms with van der Waals surface area (Å²) >= 11 is 2.49. The van der Waals surface area contributed by atoms with Gasteiger partial charge in [-0.1, -0.05) is 16.0 Å². The molecule has 51 heavy (non-hydrogen) atoms. The first-order chi connectivity index (χ1) is 24.3. The molecule has 3 saturated heterocycles. The molecule has 3 atom stereocenters. The molecule has 5 N–H and O–H groups in total. The minimum absolute atomic E-state index is 0.0324. The van der Waals surface area contributed by atoms with Crippen LogP contribution in [0.5, 0.6) is 0 Å². The standard InChI is InChI=1S/C33H37N11O4S3/c1-16-17(2)40-43(33-24(16)26(34)28(50-33)30(45)37-19-7-10-41(12-19)20-5-8-36-9-6-20)15-23-18(3)38-39-31-25(23)27(35)29(49-31)32(46)42-13-22-11-21(42)14-44(22)51(4,47)48/h5-6,8-9,19,21-22H,7,10-15H2,1-4H3,(H4-,34,35,37,45,46)/p+1/t19?,21-,22+/m1/s1. The fourth-order valence-electron chi connectivity index (χ4n) is 7.73. The van der Waals surface area contributed by atoms with Crippen LogP contribution in [0.1, 0.15) is 54.7 Å². The number of carbonyl (C=O) groups is 2. The number of fused-ring (bicyclic) bond motifs is 4. The predicted molar refractivity (Wildman–Crippen MR) is 196 cm³/mol. The summed E-state index contributed by atoms with van der Waals surface area (Å²) in [6.07, 6.45) is 6.15. The van der Waals surface area contributed by atoms with Gasteiger partial charge in [0.25, 0.3) is 16.6 Å². The van der Waals surface area contributed by atoms with E-state index >= 15 is 0 Å². The Morgan fingerprint density at radius 2 is 1.73 bits per heavy atom. The number of piperazine rings is 1. The number of amides is 2. The molecule has 5 aromatic heterocycles. The summed E-state index contributed by atoms with van der Waals surface area (Å²) < 4.78 is 27.7. The highest BCUT2D eigenvalue weighted by molar-refractivity contribution is 7.88. The average molecular weight is 749 g/mol. The predicted octanol–water partition coefficient (Wildman–Crippen LogP) is 1.99. The molecule has 2 bridgehead atoms. The molecule has 15 nitrogen and oxygen atoms in total. The van der Waals surface area contributed by atoms with Crippen molar-refractivity contribution in [2.75, 3.05) is 48.8 Å². The third-order valence-corrected chi connectivity index (χ3v) is 14.0. The number of nitrogens with two attached hydrogens (primary N) is 2. The van der Waals surface area contributed by atoms with E-state index < -0.39 is 10.0 Å². The maximum atomic E-state index is 13.9. The highest BCUT2D eigenvalue weighted by atomic mass is 32.2. The van der Waals surface area contributed by atoms with Crippen LogP contribution in [-0.4, -0.2) is 100 Å². The van der Waals surface area contributed by atoms with Crippen molar-refractivity contribution in [3.63, 3.8) is 0 Å². The van der Waals surface area contributed by atoms with Gasteiger partial charge >= 0.3 is 0 Å². The first kappa shape index (κ1) is 33.6. The Morgan fingerprint density at radius 1 is 0.980 bits per heavy atom. The molecule has 8 heterocycles. The lowest BCUT2D eigenvalue weighted by atomic mass is 10.1. The van der Waals surface area contributed by atoms with Gasteiger partial charge in [-0.25, -0.2) is 8.42 Å². The minimum atomic E-state index is -3.35. The van der Waals surface area contributed by atoms with Gasteiger partial charge in [-0.15, -0.1) is 16.4 Å². The molecule has 8 rings (SSSR count). The van der Waals surface area contributed by atoms with E-state index in [4.69, 9.17) is 16.6 Å². The van der Waals surface area contributed by atoms with Crippen LogP contribution in [0.2, 0.25) is 0 Å². The zero-order valence-corrected chi connectivity index (χ0v) is 31.0. The molecule has 3 fully saturated rings. The Balaban J connectivity index is 1.09. The van der Waals surface area contributed by atoms with Crippen LogP contribution in [0.15, 0.2) is 24.5 Å². The summed E-state index contributed by atoms with van der Waals surface area (Å²) in [7, 11) is -3.35. The van der Waals surface area contributed by atoms with Gasteiger partial charge in [-0.2, -0.15) is 9.40 Å². The number of sulfonamides is 1. The lowest BCUT2D eigenvalue weighted by Gasteiger charge is -2.32. The van der Waals surface area contributed by atoms with Crippen LogP contribution in [0.25, 0.3) is 20.4 Å². The summed E-state index contributed by atoms with van der Waals surface area (Å²) in [5.41, 5.74) is 18.4.